The van der Waals surface area contributed by atoms with Gasteiger partial charge in [-0.2, -0.15) is 5.10 Å². The fourth-order valence-electron chi connectivity index (χ4n) is 1.32. The van der Waals surface area contributed by atoms with Gasteiger partial charge in [-0.1, -0.05) is 13.8 Å². The lowest BCUT2D eigenvalue weighted by Gasteiger charge is -2.03. The summed E-state index contributed by atoms with van der Waals surface area (Å²) in [5.74, 6) is -0.116. The zero-order valence-corrected chi connectivity index (χ0v) is 9.97. The fraction of sp³-hybridized carbons (Fsp3) is 0.636. The average Bonchev–Trinajstić information content (AvgIpc) is 2.77. The first-order chi connectivity index (χ1) is 7.77. The Morgan fingerprint density at radius 1 is 1.38 bits per heavy atom. The smallest absolute Gasteiger partial charge is 0.271 e. The van der Waals surface area contributed by atoms with Crippen LogP contribution in [0.4, 0.5) is 0 Å². The van der Waals surface area contributed by atoms with Crippen LogP contribution in [0.25, 0.3) is 0 Å². The van der Waals surface area contributed by atoms with E-state index in [-0.39, 0.29) is 5.91 Å². The minimum Gasteiger partial charge on any atom is -0.349 e. The minimum atomic E-state index is -0.116. The van der Waals surface area contributed by atoms with Crippen LogP contribution in [0.2, 0.25) is 0 Å². The largest absolute Gasteiger partial charge is 0.349 e. The molecule has 0 saturated heterocycles. The van der Waals surface area contributed by atoms with Crippen molar-refractivity contribution in [2.45, 2.75) is 26.7 Å². The molecule has 16 heavy (non-hydrogen) atoms. The van der Waals surface area contributed by atoms with Crippen LogP contribution >= 0.6 is 0 Å². The van der Waals surface area contributed by atoms with Crippen LogP contribution in [-0.4, -0.2) is 35.7 Å². The van der Waals surface area contributed by atoms with Crippen molar-refractivity contribution >= 4 is 5.91 Å². The molecule has 0 saturated carbocycles. The normalized spacial score (nSPS) is 10.4. The molecule has 0 bridgehead atoms. The van der Waals surface area contributed by atoms with E-state index in [9.17, 15) is 4.79 Å². The standard InChI is InChI=1S/C11H20N4O/c1-3-5-12-6-7-13-11(16)10-8-9(4-2)14-15-10/h8,12H,3-7H2,1-2H3,(H,13,16)(H,14,15). The molecule has 3 N–H and O–H groups in total. The number of aryl methyl sites for hydroxylation is 1. The number of H-pyrrole nitrogens is 1. The number of aromatic nitrogens is 2. The van der Waals surface area contributed by atoms with Gasteiger partial charge in [0.25, 0.3) is 5.91 Å². The third kappa shape index (κ3) is 4.02. The molecule has 0 spiro atoms. The van der Waals surface area contributed by atoms with E-state index in [1.807, 2.05) is 6.92 Å². The summed E-state index contributed by atoms with van der Waals surface area (Å²) in [6.45, 7) is 6.54. The van der Waals surface area contributed by atoms with Crippen molar-refractivity contribution in [1.82, 2.24) is 20.8 Å². The summed E-state index contributed by atoms with van der Waals surface area (Å²) in [6.07, 6.45) is 1.96. The number of amides is 1. The summed E-state index contributed by atoms with van der Waals surface area (Å²) in [4.78, 5) is 11.6. The maximum Gasteiger partial charge on any atom is 0.271 e. The lowest BCUT2D eigenvalue weighted by atomic mass is 10.3. The predicted molar refractivity (Wildman–Crippen MR) is 63.5 cm³/mol. The molecule has 1 rings (SSSR count). The van der Waals surface area contributed by atoms with E-state index in [1.165, 1.54) is 0 Å². The Kier molecular flexibility index (Phi) is 5.56. The van der Waals surface area contributed by atoms with Crippen LogP contribution in [0.15, 0.2) is 6.07 Å². The Hall–Kier alpha value is -1.36. The molecule has 0 radical (unpaired) electrons. The summed E-state index contributed by atoms with van der Waals surface area (Å²) in [5.41, 5.74) is 1.45. The number of carbonyl (C=O) groups is 1. The van der Waals surface area contributed by atoms with E-state index in [1.54, 1.807) is 6.07 Å². The lowest BCUT2D eigenvalue weighted by molar-refractivity contribution is 0.0949. The number of nitrogens with one attached hydrogen (secondary N) is 3. The van der Waals surface area contributed by atoms with Gasteiger partial charge in [-0.3, -0.25) is 9.89 Å². The second kappa shape index (κ2) is 7.00. The third-order valence-electron chi connectivity index (χ3n) is 2.26. The van der Waals surface area contributed by atoms with Gasteiger partial charge in [0.05, 0.1) is 0 Å². The fourth-order valence-corrected chi connectivity index (χ4v) is 1.32. The summed E-state index contributed by atoms with van der Waals surface area (Å²) < 4.78 is 0. The highest BCUT2D eigenvalue weighted by atomic mass is 16.1. The van der Waals surface area contributed by atoms with Gasteiger partial charge in [-0.15, -0.1) is 0 Å². The maximum absolute atomic E-state index is 11.6. The first kappa shape index (κ1) is 12.7. The van der Waals surface area contributed by atoms with Gasteiger partial charge in [0.15, 0.2) is 0 Å². The molecule has 5 heteroatoms. The van der Waals surface area contributed by atoms with E-state index in [2.05, 4.69) is 27.8 Å². The van der Waals surface area contributed by atoms with Crippen molar-refractivity contribution in [3.05, 3.63) is 17.5 Å². The van der Waals surface area contributed by atoms with Gasteiger partial charge in [-0.25, -0.2) is 0 Å². The third-order valence-corrected chi connectivity index (χ3v) is 2.26. The second-order valence-corrected chi connectivity index (χ2v) is 3.64. The quantitative estimate of drug-likeness (QED) is 0.597. The Morgan fingerprint density at radius 2 is 2.19 bits per heavy atom. The molecule has 1 aromatic heterocycles. The van der Waals surface area contributed by atoms with Crippen molar-refractivity contribution in [3.63, 3.8) is 0 Å². The number of aromatic amines is 1. The first-order valence-corrected chi connectivity index (χ1v) is 5.81. The number of hydrogen-bond acceptors (Lipinski definition) is 3. The molecule has 0 aromatic carbocycles. The lowest BCUT2D eigenvalue weighted by Crippen LogP contribution is -2.32. The highest BCUT2D eigenvalue weighted by Crippen LogP contribution is 1.99. The summed E-state index contributed by atoms with van der Waals surface area (Å²) >= 11 is 0. The van der Waals surface area contributed by atoms with Gasteiger partial charge in [0.1, 0.15) is 5.69 Å². The molecule has 0 unspecified atom stereocenters. The van der Waals surface area contributed by atoms with Crippen molar-refractivity contribution in [1.29, 1.82) is 0 Å². The molecule has 5 nitrogen and oxygen atoms in total. The molecular formula is C11H20N4O. The summed E-state index contributed by atoms with van der Waals surface area (Å²) in [6, 6.07) is 1.79. The molecule has 1 heterocycles. The van der Waals surface area contributed by atoms with Crippen LogP contribution in [0.5, 0.6) is 0 Å². The van der Waals surface area contributed by atoms with E-state index < -0.39 is 0 Å². The van der Waals surface area contributed by atoms with Crippen LogP contribution in [0.1, 0.15) is 36.5 Å². The van der Waals surface area contributed by atoms with Crippen molar-refractivity contribution in [2.75, 3.05) is 19.6 Å². The topological polar surface area (TPSA) is 69.8 Å². The van der Waals surface area contributed by atoms with Gasteiger partial charge in [0.2, 0.25) is 0 Å². The highest BCUT2D eigenvalue weighted by molar-refractivity contribution is 5.92. The zero-order valence-electron chi connectivity index (χ0n) is 9.97. The van der Waals surface area contributed by atoms with Crippen molar-refractivity contribution < 1.29 is 4.79 Å². The monoisotopic (exact) mass is 224 g/mol. The predicted octanol–water partition coefficient (Wildman–Crippen LogP) is 0.701. The molecular weight excluding hydrogens is 204 g/mol. The van der Waals surface area contributed by atoms with E-state index in [0.717, 1.165) is 31.6 Å². The summed E-state index contributed by atoms with van der Waals surface area (Å²) in [7, 11) is 0. The first-order valence-electron chi connectivity index (χ1n) is 5.81. The Balaban J connectivity index is 2.24. The van der Waals surface area contributed by atoms with Gasteiger partial charge in [-0.05, 0) is 25.5 Å². The van der Waals surface area contributed by atoms with Gasteiger partial charge < -0.3 is 10.6 Å². The molecule has 0 atom stereocenters. The van der Waals surface area contributed by atoms with Gasteiger partial charge >= 0.3 is 0 Å². The number of carbonyl (C=O) groups excluding carboxylic acids is 1. The zero-order chi connectivity index (χ0) is 11.8. The number of hydrogen-bond donors (Lipinski definition) is 3. The number of rotatable bonds is 7. The maximum atomic E-state index is 11.6. The SMILES string of the molecule is CCCNCCNC(=O)c1cc(CC)[nH]n1. The molecule has 0 aliphatic carbocycles. The molecule has 0 fully saturated rings. The van der Waals surface area contributed by atoms with E-state index >= 15 is 0 Å². The molecule has 1 amide bonds. The van der Waals surface area contributed by atoms with Crippen LogP contribution in [-0.2, 0) is 6.42 Å². The average molecular weight is 224 g/mol. The Labute approximate surface area is 96.0 Å². The highest BCUT2D eigenvalue weighted by Gasteiger charge is 2.08. The van der Waals surface area contributed by atoms with Crippen LogP contribution in [0, 0.1) is 0 Å². The molecule has 0 aliphatic rings. The number of nitrogens with zero attached hydrogens (tertiary/aromatic N) is 1. The van der Waals surface area contributed by atoms with Crippen LogP contribution < -0.4 is 10.6 Å². The van der Waals surface area contributed by atoms with Crippen molar-refractivity contribution in [3.8, 4) is 0 Å². The molecule has 90 valence electrons. The van der Waals surface area contributed by atoms with Crippen molar-refractivity contribution in [2.24, 2.45) is 0 Å². The second-order valence-electron chi connectivity index (χ2n) is 3.64. The Bertz CT molecular complexity index is 322. The van der Waals surface area contributed by atoms with Gasteiger partial charge in [0, 0.05) is 18.8 Å². The van der Waals surface area contributed by atoms with Crippen LogP contribution in [0.3, 0.4) is 0 Å². The molecule has 1 aromatic rings. The summed E-state index contributed by atoms with van der Waals surface area (Å²) in [5, 5.41) is 12.8. The minimum absolute atomic E-state index is 0.116. The Morgan fingerprint density at radius 3 is 2.81 bits per heavy atom. The molecule has 0 aliphatic heterocycles. The van der Waals surface area contributed by atoms with E-state index in [0.29, 0.717) is 12.2 Å². The van der Waals surface area contributed by atoms with E-state index in [4.69, 9.17) is 0 Å².